The Labute approximate surface area is 166 Å². The Morgan fingerprint density at radius 2 is 2.03 bits per heavy atom. The van der Waals surface area contributed by atoms with Crippen LogP contribution < -0.4 is 15.8 Å². The lowest BCUT2D eigenvalue weighted by atomic mass is 9.95. The third-order valence-electron chi connectivity index (χ3n) is 4.29. The molecule has 2 heterocycles. The van der Waals surface area contributed by atoms with Crippen molar-refractivity contribution >= 4 is 11.6 Å². The molecule has 0 atom stereocenters. The van der Waals surface area contributed by atoms with Crippen molar-refractivity contribution in [2.45, 2.75) is 25.3 Å². The van der Waals surface area contributed by atoms with E-state index in [1.165, 1.54) is 38.8 Å². The molecule has 4 rings (SSSR count). The molecule has 150 valence electrons. The van der Waals surface area contributed by atoms with Crippen molar-refractivity contribution < 1.29 is 14.2 Å². The molecule has 0 amide bonds. The van der Waals surface area contributed by atoms with Gasteiger partial charge in [0.25, 0.3) is 0 Å². The third kappa shape index (κ3) is 4.97. The summed E-state index contributed by atoms with van der Waals surface area (Å²) in [6.07, 6.45) is 6.61. The Bertz CT molecular complexity index is 1010. The van der Waals surface area contributed by atoms with Crippen LogP contribution >= 0.6 is 0 Å². The summed E-state index contributed by atoms with van der Waals surface area (Å²) < 4.78 is 18.4. The van der Waals surface area contributed by atoms with E-state index in [1.54, 1.807) is 6.07 Å². The molecule has 0 radical (unpaired) electrons. The quantitative estimate of drug-likeness (QED) is 0.526. The van der Waals surface area contributed by atoms with E-state index in [0.717, 1.165) is 12.1 Å². The molecule has 1 fully saturated rings. The van der Waals surface area contributed by atoms with Crippen LogP contribution in [0.1, 0.15) is 25.0 Å². The van der Waals surface area contributed by atoms with Gasteiger partial charge in [0.05, 0.1) is 30.8 Å². The highest BCUT2D eigenvalue weighted by Gasteiger charge is 2.16. The molecule has 9 nitrogen and oxygen atoms in total. The maximum atomic E-state index is 13.3. The lowest BCUT2D eigenvalue weighted by molar-refractivity contribution is 0.405. The minimum atomic E-state index is -0.612. The SMILES string of the molecule is COc1cc(F)cc(O)c1-c1cc(Nc2cnc(C#N)cn2)n[nH]1.NC1CCC1. The molecule has 0 aliphatic heterocycles. The number of aromatic hydroxyl groups is 1. The lowest BCUT2D eigenvalue weighted by Crippen LogP contribution is -2.27. The first-order chi connectivity index (χ1) is 14.0. The van der Waals surface area contributed by atoms with Gasteiger partial charge in [-0.1, -0.05) is 6.42 Å². The zero-order chi connectivity index (χ0) is 20.8. The van der Waals surface area contributed by atoms with Crippen molar-refractivity contribution in [3.8, 4) is 28.8 Å². The smallest absolute Gasteiger partial charge is 0.158 e. The molecule has 10 heteroatoms. The molecule has 29 heavy (non-hydrogen) atoms. The highest BCUT2D eigenvalue weighted by Crippen LogP contribution is 2.38. The van der Waals surface area contributed by atoms with Gasteiger partial charge in [-0.2, -0.15) is 10.4 Å². The summed E-state index contributed by atoms with van der Waals surface area (Å²) in [6.45, 7) is 0. The van der Waals surface area contributed by atoms with Gasteiger partial charge in [0.15, 0.2) is 11.5 Å². The molecule has 1 aliphatic rings. The number of nitrogens with two attached hydrogens (primary N) is 1. The number of methoxy groups -OCH3 is 1. The summed E-state index contributed by atoms with van der Waals surface area (Å²) in [4.78, 5) is 7.90. The van der Waals surface area contributed by atoms with E-state index in [4.69, 9.17) is 15.7 Å². The van der Waals surface area contributed by atoms with E-state index >= 15 is 0 Å². The van der Waals surface area contributed by atoms with Crippen LogP contribution in [0, 0.1) is 17.1 Å². The van der Waals surface area contributed by atoms with E-state index in [2.05, 4.69) is 25.5 Å². The number of phenols is 1. The Kier molecular flexibility index (Phi) is 6.21. The van der Waals surface area contributed by atoms with Gasteiger partial charge < -0.3 is 20.9 Å². The number of rotatable bonds is 4. The summed E-state index contributed by atoms with van der Waals surface area (Å²) >= 11 is 0. The number of halogens is 1. The summed E-state index contributed by atoms with van der Waals surface area (Å²) in [7, 11) is 1.37. The topological polar surface area (TPSA) is 146 Å². The fraction of sp³-hybridized carbons (Fsp3) is 0.263. The molecule has 0 spiro atoms. The van der Waals surface area contributed by atoms with Crippen LogP contribution in [0.15, 0.2) is 30.6 Å². The zero-order valence-corrected chi connectivity index (χ0v) is 15.7. The number of phenolic OH excluding ortho intramolecular Hbond substituents is 1. The molecule has 1 saturated carbocycles. The normalized spacial score (nSPS) is 12.9. The first kappa shape index (κ1) is 20.0. The van der Waals surface area contributed by atoms with Gasteiger partial charge >= 0.3 is 0 Å². The van der Waals surface area contributed by atoms with Gasteiger partial charge in [-0.15, -0.1) is 0 Å². The fourth-order valence-corrected chi connectivity index (χ4v) is 2.53. The van der Waals surface area contributed by atoms with Crippen LogP contribution in [0.5, 0.6) is 11.5 Å². The van der Waals surface area contributed by atoms with Crippen LogP contribution in [0.2, 0.25) is 0 Å². The van der Waals surface area contributed by atoms with E-state index in [-0.39, 0.29) is 22.8 Å². The molecule has 5 N–H and O–H groups in total. The lowest BCUT2D eigenvalue weighted by Gasteiger charge is -2.18. The highest BCUT2D eigenvalue weighted by atomic mass is 19.1. The number of aromatic amines is 1. The summed E-state index contributed by atoms with van der Waals surface area (Å²) in [5.41, 5.74) is 6.28. The van der Waals surface area contributed by atoms with Crippen LogP contribution in [-0.4, -0.2) is 38.4 Å². The van der Waals surface area contributed by atoms with E-state index in [1.807, 2.05) is 6.07 Å². The molecule has 0 bridgehead atoms. The third-order valence-corrected chi connectivity index (χ3v) is 4.29. The number of aromatic nitrogens is 4. The second-order valence-electron chi connectivity index (χ2n) is 6.38. The predicted octanol–water partition coefficient (Wildman–Crippen LogP) is 2.83. The van der Waals surface area contributed by atoms with Gasteiger partial charge in [0.1, 0.15) is 29.2 Å². The van der Waals surface area contributed by atoms with Crippen LogP contribution in [0.3, 0.4) is 0 Å². The van der Waals surface area contributed by atoms with Crippen molar-refractivity contribution in [1.82, 2.24) is 20.2 Å². The van der Waals surface area contributed by atoms with Crippen LogP contribution in [0.4, 0.5) is 16.0 Å². The predicted molar refractivity (Wildman–Crippen MR) is 104 cm³/mol. The maximum Gasteiger partial charge on any atom is 0.158 e. The fourth-order valence-electron chi connectivity index (χ4n) is 2.53. The Hall–Kier alpha value is -3.71. The highest BCUT2D eigenvalue weighted by molar-refractivity contribution is 5.76. The first-order valence-electron chi connectivity index (χ1n) is 8.87. The number of nitriles is 1. The van der Waals surface area contributed by atoms with E-state index in [9.17, 15) is 9.50 Å². The number of hydrogen-bond donors (Lipinski definition) is 4. The van der Waals surface area contributed by atoms with Gasteiger partial charge in [0.2, 0.25) is 0 Å². The summed E-state index contributed by atoms with van der Waals surface area (Å²) in [5, 5.41) is 28.3. The minimum Gasteiger partial charge on any atom is -0.507 e. The number of benzene rings is 1. The van der Waals surface area contributed by atoms with Crippen molar-refractivity contribution in [3.05, 3.63) is 42.1 Å². The molecule has 0 saturated heterocycles. The maximum absolute atomic E-state index is 13.3. The average Bonchev–Trinajstić information content (AvgIpc) is 3.14. The number of nitrogens with zero attached hydrogens (tertiary/aromatic N) is 4. The van der Waals surface area contributed by atoms with Crippen LogP contribution in [0.25, 0.3) is 11.3 Å². The second kappa shape index (κ2) is 8.99. The average molecular weight is 397 g/mol. The number of nitrogens with one attached hydrogen (secondary N) is 2. The number of ether oxygens (including phenoxy) is 1. The number of hydrogen-bond acceptors (Lipinski definition) is 8. The largest absolute Gasteiger partial charge is 0.507 e. The number of anilines is 2. The van der Waals surface area contributed by atoms with E-state index in [0.29, 0.717) is 23.4 Å². The standard InChI is InChI=1S/C15H11FN6O2.C4H9N/c1-24-12-3-8(16)2-11(23)15(12)10-4-13(22-21-10)20-14-7-18-9(5-17)6-19-14;5-4-2-1-3-4/h2-4,6-7,23H,1H3,(H2,19,20,21,22);4H,1-3,5H2. The molecule has 0 unspecified atom stereocenters. The van der Waals surface area contributed by atoms with Gasteiger partial charge in [-0.25, -0.2) is 14.4 Å². The Balaban J connectivity index is 0.000000419. The first-order valence-corrected chi connectivity index (χ1v) is 8.87. The Morgan fingerprint density at radius 1 is 1.28 bits per heavy atom. The summed E-state index contributed by atoms with van der Waals surface area (Å²) in [5.74, 6) is 0.0667. The van der Waals surface area contributed by atoms with Crippen LogP contribution in [-0.2, 0) is 0 Å². The molecular formula is C19H20FN7O2. The molecular weight excluding hydrogens is 377 g/mol. The van der Waals surface area contributed by atoms with Crippen molar-refractivity contribution in [2.24, 2.45) is 5.73 Å². The van der Waals surface area contributed by atoms with Crippen molar-refractivity contribution in [2.75, 3.05) is 12.4 Å². The molecule has 2 aromatic heterocycles. The van der Waals surface area contributed by atoms with Crippen molar-refractivity contribution in [3.63, 3.8) is 0 Å². The van der Waals surface area contributed by atoms with Gasteiger partial charge in [0, 0.05) is 24.2 Å². The summed E-state index contributed by atoms with van der Waals surface area (Å²) in [6, 6.07) is 6.17. The minimum absolute atomic E-state index is 0.167. The van der Waals surface area contributed by atoms with Gasteiger partial charge in [-0.3, -0.25) is 5.10 Å². The number of H-pyrrole nitrogens is 1. The monoisotopic (exact) mass is 397 g/mol. The Morgan fingerprint density at radius 3 is 2.59 bits per heavy atom. The molecule has 1 aromatic carbocycles. The zero-order valence-electron chi connectivity index (χ0n) is 15.7. The van der Waals surface area contributed by atoms with Crippen molar-refractivity contribution in [1.29, 1.82) is 5.26 Å². The van der Waals surface area contributed by atoms with Gasteiger partial charge in [-0.05, 0) is 12.8 Å². The molecule has 1 aliphatic carbocycles. The second-order valence-corrected chi connectivity index (χ2v) is 6.38. The van der Waals surface area contributed by atoms with E-state index < -0.39 is 5.82 Å². The molecule has 3 aromatic rings.